The zero-order valence-electron chi connectivity index (χ0n) is 7.39. The summed E-state index contributed by atoms with van der Waals surface area (Å²) in [7, 11) is 0. The molecule has 0 saturated heterocycles. The van der Waals surface area contributed by atoms with E-state index in [2.05, 4.69) is 0 Å². The third-order valence-corrected chi connectivity index (χ3v) is 2.84. The summed E-state index contributed by atoms with van der Waals surface area (Å²) in [6.07, 6.45) is -2.94. The number of carbonyl (C=O) groups is 2. The SMILES string of the molecule is CC1C(=O)C(O)C(C)(C(=O)O)C1O. The number of hydrogen-bond acceptors (Lipinski definition) is 4. The van der Waals surface area contributed by atoms with Crippen LogP contribution in [0.2, 0.25) is 0 Å². The summed E-state index contributed by atoms with van der Waals surface area (Å²) in [5.74, 6) is -2.79. The summed E-state index contributed by atoms with van der Waals surface area (Å²) in [5.41, 5.74) is -1.77. The van der Waals surface area contributed by atoms with Gasteiger partial charge in [-0.15, -0.1) is 0 Å². The maximum absolute atomic E-state index is 11.2. The molecule has 1 fully saturated rings. The quantitative estimate of drug-likeness (QED) is 0.491. The van der Waals surface area contributed by atoms with Crippen LogP contribution < -0.4 is 0 Å². The summed E-state index contributed by atoms with van der Waals surface area (Å²) in [6.45, 7) is 2.58. The van der Waals surface area contributed by atoms with Crippen molar-refractivity contribution in [2.24, 2.45) is 11.3 Å². The molecule has 13 heavy (non-hydrogen) atoms. The van der Waals surface area contributed by atoms with E-state index in [1.54, 1.807) is 0 Å². The molecule has 1 aliphatic rings. The minimum atomic E-state index is -1.77. The summed E-state index contributed by atoms with van der Waals surface area (Å²) >= 11 is 0. The van der Waals surface area contributed by atoms with Gasteiger partial charge < -0.3 is 15.3 Å². The lowest BCUT2D eigenvalue weighted by atomic mass is 9.83. The molecule has 0 heterocycles. The molecule has 1 aliphatic carbocycles. The smallest absolute Gasteiger partial charge is 0.315 e. The molecule has 4 atom stereocenters. The average molecular weight is 188 g/mol. The molecular weight excluding hydrogens is 176 g/mol. The fraction of sp³-hybridized carbons (Fsp3) is 0.750. The van der Waals surface area contributed by atoms with E-state index in [1.807, 2.05) is 0 Å². The number of ketones is 1. The van der Waals surface area contributed by atoms with Crippen molar-refractivity contribution in [1.29, 1.82) is 0 Å². The second-order valence-corrected chi connectivity index (χ2v) is 3.63. The Morgan fingerprint density at radius 2 is 1.92 bits per heavy atom. The fourth-order valence-electron chi connectivity index (χ4n) is 1.62. The molecule has 3 N–H and O–H groups in total. The minimum Gasteiger partial charge on any atom is -0.481 e. The van der Waals surface area contributed by atoms with E-state index < -0.39 is 35.3 Å². The van der Waals surface area contributed by atoms with Gasteiger partial charge in [-0.05, 0) is 6.92 Å². The highest BCUT2D eigenvalue weighted by molar-refractivity contribution is 5.96. The largest absolute Gasteiger partial charge is 0.481 e. The molecule has 74 valence electrons. The summed E-state index contributed by atoms with van der Waals surface area (Å²) in [6, 6.07) is 0. The van der Waals surface area contributed by atoms with Gasteiger partial charge in [0.05, 0.1) is 6.10 Å². The van der Waals surface area contributed by atoms with Crippen LogP contribution in [0, 0.1) is 11.3 Å². The monoisotopic (exact) mass is 188 g/mol. The lowest BCUT2D eigenvalue weighted by molar-refractivity contribution is -0.161. The van der Waals surface area contributed by atoms with Crippen LogP contribution in [0.1, 0.15) is 13.8 Å². The van der Waals surface area contributed by atoms with Gasteiger partial charge in [-0.3, -0.25) is 9.59 Å². The molecule has 1 saturated carbocycles. The molecule has 5 nitrogen and oxygen atoms in total. The van der Waals surface area contributed by atoms with Gasteiger partial charge in [-0.1, -0.05) is 6.92 Å². The van der Waals surface area contributed by atoms with Crippen molar-refractivity contribution in [3.63, 3.8) is 0 Å². The van der Waals surface area contributed by atoms with Gasteiger partial charge in [-0.25, -0.2) is 0 Å². The van der Waals surface area contributed by atoms with E-state index in [0.29, 0.717) is 0 Å². The zero-order valence-corrected chi connectivity index (χ0v) is 7.39. The first-order chi connectivity index (χ1) is 5.83. The average Bonchev–Trinajstić information content (AvgIpc) is 2.22. The third kappa shape index (κ3) is 1.08. The Labute approximate surface area is 75.0 Å². The summed E-state index contributed by atoms with van der Waals surface area (Å²) in [4.78, 5) is 21.9. The van der Waals surface area contributed by atoms with E-state index in [0.717, 1.165) is 0 Å². The Morgan fingerprint density at radius 3 is 2.08 bits per heavy atom. The molecule has 0 aliphatic heterocycles. The van der Waals surface area contributed by atoms with Crippen LogP contribution in [0.15, 0.2) is 0 Å². The maximum atomic E-state index is 11.2. The number of carboxylic acid groups (broad SMARTS) is 1. The predicted molar refractivity (Wildman–Crippen MR) is 41.9 cm³/mol. The molecule has 1 rings (SSSR count). The second-order valence-electron chi connectivity index (χ2n) is 3.63. The molecule has 0 radical (unpaired) electrons. The highest BCUT2D eigenvalue weighted by Gasteiger charge is 2.59. The number of aliphatic hydroxyl groups is 2. The Balaban J connectivity index is 3.13. The lowest BCUT2D eigenvalue weighted by Gasteiger charge is -2.25. The molecule has 0 bridgehead atoms. The molecule has 4 unspecified atom stereocenters. The Kier molecular flexibility index (Phi) is 2.17. The minimum absolute atomic E-state index is 0.614. The van der Waals surface area contributed by atoms with Gasteiger partial charge in [0.25, 0.3) is 0 Å². The van der Waals surface area contributed by atoms with Crippen LogP contribution in [0.4, 0.5) is 0 Å². The van der Waals surface area contributed by atoms with Crippen LogP contribution in [0.5, 0.6) is 0 Å². The first-order valence-electron chi connectivity index (χ1n) is 3.96. The van der Waals surface area contributed by atoms with Crippen molar-refractivity contribution < 1.29 is 24.9 Å². The van der Waals surface area contributed by atoms with Crippen LogP contribution in [-0.4, -0.2) is 39.3 Å². The van der Waals surface area contributed by atoms with Gasteiger partial charge in [0.15, 0.2) is 5.78 Å². The van der Waals surface area contributed by atoms with E-state index in [1.165, 1.54) is 13.8 Å². The van der Waals surface area contributed by atoms with Gasteiger partial charge in [0.1, 0.15) is 11.5 Å². The van der Waals surface area contributed by atoms with Crippen LogP contribution in [-0.2, 0) is 9.59 Å². The van der Waals surface area contributed by atoms with Crippen molar-refractivity contribution in [2.45, 2.75) is 26.1 Å². The molecule has 0 amide bonds. The number of carbonyl (C=O) groups excluding carboxylic acids is 1. The first-order valence-corrected chi connectivity index (χ1v) is 3.96. The Hall–Kier alpha value is -0.940. The van der Waals surface area contributed by atoms with Crippen LogP contribution in [0.25, 0.3) is 0 Å². The van der Waals surface area contributed by atoms with Crippen molar-refractivity contribution >= 4 is 11.8 Å². The lowest BCUT2D eigenvalue weighted by Crippen LogP contribution is -2.44. The van der Waals surface area contributed by atoms with Gasteiger partial charge in [0, 0.05) is 5.92 Å². The van der Waals surface area contributed by atoms with Crippen LogP contribution in [0.3, 0.4) is 0 Å². The van der Waals surface area contributed by atoms with Crippen LogP contribution >= 0.6 is 0 Å². The predicted octanol–water partition coefficient (Wildman–Crippen LogP) is -0.982. The Morgan fingerprint density at radius 1 is 1.46 bits per heavy atom. The maximum Gasteiger partial charge on any atom is 0.315 e. The van der Waals surface area contributed by atoms with Crippen molar-refractivity contribution in [3.8, 4) is 0 Å². The first kappa shape index (κ1) is 10.1. The second kappa shape index (κ2) is 2.78. The highest BCUT2D eigenvalue weighted by atomic mass is 16.4. The van der Waals surface area contributed by atoms with Crippen molar-refractivity contribution in [1.82, 2.24) is 0 Å². The van der Waals surface area contributed by atoms with Crippen molar-refractivity contribution in [3.05, 3.63) is 0 Å². The molecule has 0 spiro atoms. The molecule has 0 aromatic heterocycles. The number of Topliss-reactive ketones (excluding diaryl/α,β-unsaturated/α-hetero) is 1. The standard InChI is InChI=1S/C8H12O5/c1-3-4(9)6(11)8(2,5(3)10)7(12)13/h3,5-6,10-11H,1-2H3,(H,12,13). The number of aliphatic carboxylic acids is 1. The fourth-order valence-corrected chi connectivity index (χ4v) is 1.62. The van der Waals surface area contributed by atoms with E-state index in [-0.39, 0.29) is 0 Å². The number of rotatable bonds is 1. The van der Waals surface area contributed by atoms with Crippen molar-refractivity contribution in [2.75, 3.05) is 0 Å². The summed E-state index contributed by atoms with van der Waals surface area (Å²) in [5, 5.41) is 27.6. The highest BCUT2D eigenvalue weighted by Crippen LogP contribution is 2.39. The van der Waals surface area contributed by atoms with Gasteiger partial charge >= 0.3 is 5.97 Å². The molecule has 0 aromatic carbocycles. The van der Waals surface area contributed by atoms with Gasteiger partial charge in [0.2, 0.25) is 0 Å². The summed E-state index contributed by atoms with van der Waals surface area (Å²) < 4.78 is 0. The van der Waals surface area contributed by atoms with E-state index >= 15 is 0 Å². The molecule has 0 aromatic rings. The number of aliphatic hydroxyl groups excluding tert-OH is 2. The normalized spacial score (nSPS) is 45.2. The van der Waals surface area contributed by atoms with E-state index in [9.17, 15) is 19.8 Å². The Bertz CT molecular complexity index is 261. The van der Waals surface area contributed by atoms with E-state index in [4.69, 9.17) is 5.11 Å². The third-order valence-electron chi connectivity index (χ3n) is 2.84. The zero-order chi connectivity index (χ0) is 10.4. The molecule has 5 heteroatoms. The molecular formula is C8H12O5. The topological polar surface area (TPSA) is 94.8 Å². The van der Waals surface area contributed by atoms with Gasteiger partial charge in [-0.2, -0.15) is 0 Å². The number of hydrogen-bond donors (Lipinski definition) is 3. The number of carboxylic acids is 1.